The standard InChI is InChI=1S/C41H72O43S5/c1-5-17-24(46)34(83-88(62,63)64)29(51)40(76-17)73-11-20-25(47)35(84-89(65,66)67)30(52)41(79-20)72-10-19-15(32(81-86(56,57)58)26(48)36(68-4)78-19)8-70-37-23(45)16(22(44)18(6-42)77-37)9-71-38-27(49)31(80-85(53,54)55)14(12(2)74-38)7-69-39-28(50)33(82-87(59,60)61)21(43)13(3)75-39/h12-52H,5-11H2,1-4H3,(H,53,54,55)(H,56,57,58)(H,59,60,61)(H,62,63,64)(H,65,66,67)/t12?,13?,14-,15+,16-,17?,18?,19?,20?,21-,22-,23?,24+,25+,26?,27?,28?,29?,30?,31+,32-,33+,34-,35-,36-,37-,38-,39-,40-,41-/m1/s1. The molecule has 0 amide bonds. The van der Waals surface area contributed by atoms with Crippen molar-refractivity contribution >= 4 is 52.0 Å². The van der Waals surface area contributed by atoms with Gasteiger partial charge in [-0.25, -0.2) is 20.9 Å². The molecule has 6 heterocycles. The highest BCUT2D eigenvalue weighted by molar-refractivity contribution is 7.81. The van der Waals surface area contributed by atoms with Crippen LogP contribution in [0, 0.1) is 17.8 Å². The molecule has 12 unspecified atom stereocenters. The quantitative estimate of drug-likeness (QED) is 0.0324. The maximum Gasteiger partial charge on any atom is 0.397 e. The summed E-state index contributed by atoms with van der Waals surface area (Å²) in [5.41, 5.74) is 0. The molecular weight excluding hydrogens is 1340 g/mol. The van der Waals surface area contributed by atoms with Crippen molar-refractivity contribution in [2.75, 3.05) is 46.8 Å². The van der Waals surface area contributed by atoms with Gasteiger partial charge in [0.15, 0.2) is 37.7 Å². The number of hydrogen-bond acceptors (Lipinski definition) is 38. The van der Waals surface area contributed by atoms with E-state index in [1.807, 2.05) is 0 Å². The summed E-state index contributed by atoms with van der Waals surface area (Å²) in [7, 11) is -26.4. The van der Waals surface area contributed by atoms with Gasteiger partial charge < -0.3 is 113 Å². The summed E-state index contributed by atoms with van der Waals surface area (Å²) in [6.07, 6.45) is -54.4. The minimum atomic E-state index is -5.59. The lowest BCUT2D eigenvalue weighted by Gasteiger charge is -2.47. The Labute approximate surface area is 506 Å². The van der Waals surface area contributed by atoms with Crippen LogP contribution in [0.4, 0.5) is 0 Å². The van der Waals surface area contributed by atoms with Crippen molar-refractivity contribution in [1.29, 1.82) is 0 Å². The van der Waals surface area contributed by atoms with Gasteiger partial charge in [0, 0.05) is 24.9 Å². The van der Waals surface area contributed by atoms with Crippen molar-refractivity contribution in [3.05, 3.63) is 0 Å². The highest BCUT2D eigenvalue weighted by Gasteiger charge is 2.56. The molecule has 0 radical (unpaired) electrons. The highest BCUT2D eigenvalue weighted by atomic mass is 32.3. The van der Waals surface area contributed by atoms with Crippen molar-refractivity contribution in [2.45, 2.75) is 193 Å². The van der Waals surface area contributed by atoms with Crippen LogP contribution in [0.1, 0.15) is 27.2 Å². The van der Waals surface area contributed by atoms with E-state index < -0.39 is 275 Å². The van der Waals surface area contributed by atoms with E-state index in [1.165, 1.54) is 20.8 Å². The van der Waals surface area contributed by atoms with Gasteiger partial charge in [0.2, 0.25) is 0 Å². The molecule has 43 nitrogen and oxygen atoms in total. The van der Waals surface area contributed by atoms with Gasteiger partial charge in [0.05, 0.1) is 70.2 Å². The molecule has 6 aliphatic rings. The third-order valence-corrected chi connectivity index (χ3v) is 17.2. The zero-order chi connectivity index (χ0) is 66.8. The van der Waals surface area contributed by atoms with Gasteiger partial charge in [0.25, 0.3) is 0 Å². The monoisotopic (exact) mass is 1410 g/mol. The molecule has 6 saturated heterocycles. The second kappa shape index (κ2) is 31.1. The van der Waals surface area contributed by atoms with Gasteiger partial charge >= 0.3 is 52.0 Å². The Morgan fingerprint density at radius 2 is 0.640 bits per heavy atom. The number of ether oxygens (including phenoxy) is 12. The van der Waals surface area contributed by atoms with E-state index >= 15 is 0 Å². The van der Waals surface area contributed by atoms with Gasteiger partial charge in [-0.3, -0.25) is 22.8 Å². The Morgan fingerprint density at radius 1 is 0.326 bits per heavy atom. The Kier molecular flexibility index (Phi) is 26.7. The van der Waals surface area contributed by atoms with Crippen LogP contribution >= 0.6 is 0 Å². The topological polar surface area (TPSA) is 651 Å². The molecule has 0 saturated carbocycles. The van der Waals surface area contributed by atoms with Crippen molar-refractivity contribution in [2.24, 2.45) is 17.8 Å². The van der Waals surface area contributed by atoms with Gasteiger partial charge in [-0.15, -0.1) is 0 Å². The average molecular weight is 1410 g/mol. The van der Waals surface area contributed by atoms with Crippen molar-refractivity contribution in [3.63, 3.8) is 0 Å². The summed E-state index contributed by atoms with van der Waals surface area (Å²) in [6, 6.07) is 0. The van der Waals surface area contributed by atoms with Crippen molar-refractivity contribution < 1.29 is 199 Å². The predicted octanol–water partition coefficient (Wildman–Crippen LogP) is -10.1. The number of aliphatic hydroxyl groups excluding tert-OH is 11. The molecule has 524 valence electrons. The largest absolute Gasteiger partial charge is 0.397 e. The van der Waals surface area contributed by atoms with Crippen LogP contribution < -0.4 is 0 Å². The van der Waals surface area contributed by atoms with Gasteiger partial charge in [-0.05, 0) is 20.3 Å². The molecule has 0 aromatic heterocycles. The Hall–Kier alpha value is -1.57. The Balaban J connectivity index is 1.19. The zero-order valence-corrected chi connectivity index (χ0v) is 50.6. The van der Waals surface area contributed by atoms with Crippen molar-refractivity contribution in [1.82, 2.24) is 0 Å². The van der Waals surface area contributed by atoms with Gasteiger partial charge in [0.1, 0.15) is 97.7 Å². The summed E-state index contributed by atoms with van der Waals surface area (Å²) in [5.74, 6) is -5.05. The van der Waals surface area contributed by atoms with E-state index in [0.717, 1.165) is 7.11 Å². The SMILES string of the molecule is CCC1O[C@@H](OCC2O[C@@H](OCC3O[C@@H](OC)C(O)[C@H](OS(=O)(=O)O)[C@H]3CO[C@@H]3OC(CO)[C@H](O)[C@@H](CO[C@@H]4OC(C)[C@@H](CO[C@@H]5OC(C)[C@@H](O)[C@H](OS(=O)(=O)O)C5O)[C@H](OS(=O)(=O)O)C4O)C3O)C(O)[C@H](OS(=O)(=O)O)[C@H]2O)C(O)[C@H](OS(=O)(=O)O)[C@H]1O. The van der Waals surface area contributed by atoms with E-state index in [2.05, 4.69) is 12.5 Å². The molecule has 0 spiro atoms. The van der Waals surface area contributed by atoms with Crippen LogP contribution in [0.15, 0.2) is 0 Å². The van der Waals surface area contributed by atoms with E-state index in [4.69, 9.17) is 65.2 Å². The van der Waals surface area contributed by atoms with E-state index in [0.29, 0.717) is 0 Å². The lowest BCUT2D eigenvalue weighted by Crippen LogP contribution is -2.63. The fraction of sp³-hybridized carbons (Fsp3) is 1.00. The summed E-state index contributed by atoms with van der Waals surface area (Å²) in [4.78, 5) is 0. The first-order valence-electron chi connectivity index (χ1n) is 26.3. The highest BCUT2D eigenvalue weighted by Crippen LogP contribution is 2.38. The molecule has 0 aromatic rings. The Bertz CT molecular complexity index is 2840. The molecule has 0 aromatic carbocycles. The number of aliphatic hydroxyl groups is 11. The lowest BCUT2D eigenvalue weighted by molar-refractivity contribution is -0.341. The first kappa shape index (κ1) is 76.4. The third-order valence-electron chi connectivity index (χ3n) is 14.9. The van der Waals surface area contributed by atoms with E-state index in [9.17, 15) is 121 Å². The zero-order valence-electron chi connectivity index (χ0n) is 46.5. The molecule has 6 aliphatic heterocycles. The summed E-state index contributed by atoms with van der Waals surface area (Å²) in [6.45, 7) is -2.20. The molecular formula is C41H72O43S5. The van der Waals surface area contributed by atoms with Gasteiger partial charge in [-0.1, -0.05) is 6.92 Å². The summed E-state index contributed by atoms with van der Waals surface area (Å²) in [5, 5.41) is 121. The number of hydrogen-bond donors (Lipinski definition) is 16. The maximum absolute atomic E-state index is 12.3. The second-order valence-electron chi connectivity index (χ2n) is 20.9. The number of rotatable bonds is 28. The van der Waals surface area contributed by atoms with Crippen LogP contribution in [0.2, 0.25) is 0 Å². The van der Waals surface area contributed by atoms with E-state index in [-0.39, 0.29) is 6.42 Å². The normalized spacial score (nSPS) is 44.0. The average Bonchev–Trinajstić information content (AvgIpc) is 2.34. The third kappa shape index (κ3) is 20.2. The minimum absolute atomic E-state index is 0.100. The van der Waals surface area contributed by atoms with Crippen LogP contribution in [0.3, 0.4) is 0 Å². The maximum atomic E-state index is 12.3. The molecule has 0 aliphatic carbocycles. The molecule has 30 atom stereocenters. The number of methoxy groups -OCH3 is 1. The second-order valence-corrected chi connectivity index (χ2v) is 26.2. The van der Waals surface area contributed by atoms with E-state index in [1.54, 1.807) is 0 Å². The van der Waals surface area contributed by atoms with Crippen LogP contribution in [0.5, 0.6) is 0 Å². The van der Waals surface area contributed by atoms with Crippen LogP contribution in [0.25, 0.3) is 0 Å². The van der Waals surface area contributed by atoms with Crippen molar-refractivity contribution in [3.8, 4) is 0 Å². The smallest absolute Gasteiger partial charge is 0.394 e. The fourth-order valence-electron chi connectivity index (χ4n) is 10.5. The molecule has 6 rings (SSSR count). The summed E-state index contributed by atoms with van der Waals surface area (Å²) < 4.78 is 256. The molecule has 89 heavy (non-hydrogen) atoms. The first-order chi connectivity index (χ1) is 41.1. The minimum Gasteiger partial charge on any atom is -0.394 e. The predicted molar refractivity (Wildman–Crippen MR) is 270 cm³/mol. The Morgan fingerprint density at radius 3 is 1.09 bits per heavy atom. The molecule has 16 N–H and O–H groups in total. The van der Waals surface area contributed by atoms with Crippen LogP contribution in [-0.4, -0.2) is 334 Å². The van der Waals surface area contributed by atoms with Gasteiger partial charge in [-0.2, -0.15) is 42.1 Å². The fourth-order valence-corrected chi connectivity index (χ4v) is 13.1. The van der Waals surface area contributed by atoms with Crippen LogP contribution in [-0.2, 0) is 130 Å². The first-order valence-corrected chi connectivity index (χ1v) is 33.1. The molecule has 6 fully saturated rings. The lowest BCUT2D eigenvalue weighted by atomic mass is 9.88. The molecule has 48 heteroatoms. The molecule has 0 bridgehead atoms. The summed E-state index contributed by atoms with van der Waals surface area (Å²) >= 11 is 0.